The fraction of sp³-hybridized carbons (Fsp3) is 0.115. The first kappa shape index (κ1) is 25.2. The molecule has 0 saturated heterocycles. The van der Waals surface area contributed by atoms with E-state index in [4.69, 9.17) is 10.5 Å². The second-order valence-electron chi connectivity index (χ2n) is 8.42. The Morgan fingerprint density at radius 1 is 1.05 bits per heavy atom. The van der Waals surface area contributed by atoms with Gasteiger partial charge in [0.15, 0.2) is 27.2 Å². The maximum absolute atomic E-state index is 14.6. The molecule has 0 unspecified atom stereocenters. The largest absolute Gasteiger partial charge is 0.450 e. The van der Waals surface area contributed by atoms with Crippen molar-refractivity contribution in [1.29, 1.82) is 0 Å². The normalized spacial score (nSPS) is 11.6. The molecule has 3 heterocycles. The van der Waals surface area contributed by atoms with Crippen LogP contribution in [-0.2, 0) is 16.4 Å². The van der Waals surface area contributed by atoms with Crippen LogP contribution in [-0.4, -0.2) is 34.2 Å². The number of rotatable bonds is 8. The zero-order valence-corrected chi connectivity index (χ0v) is 20.9. The molecule has 4 N–H and O–H groups in total. The lowest BCUT2D eigenvalue weighted by Crippen LogP contribution is -2.16. The molecule has 194 valence electrons. The SMILES string of the molecule is Cc1ccccc1S(=O)(=O)CNc1cc(-c2c[nH]c3nccc(Oc4c(F)cc(CN)cc4F)c23)ncn1. The average Bonchev–Trinajstić information content (AvgIpc) is 3.35. The van der Waals surface area contributed by atoms with Crippen molar-refractivity contribution < 1.29 is 21.9 Å². The van der Waals surface area contributed by atoms with Crippen LogP contribution in [0.2, 0.25) is 0 Å². The van der Waals surface area contributed by atoms with Gasteiger partial charge >= 0.3 is 0 Å². The lowest BCUT2D eigenvalue weighted by molar-refractivity contribution is 0.409. The van der Waals surface area contributed by atoms with Crippen LogP contribution < -0.4 is 15.8 Å². The van der Waals surface area contributed by atoms with E-state index in [9.17, 15) is 17.2 Å². The smallest absolute Gasteiger partial charge is 0.198 e. The molecule has 0 amide bonds. The second kappa shape index (κ2) is 10.1. The maximum Gasteiger partial charge on any atom is 0.198 e. The van der Waals surface area contributed by atoms with E-state index in [0.717, 1.165) is 12.1 Å². The number of nitrogens with zero attached hydrogens (tertiary/aromatic N) is 3. The lowest BCUT2D eigenvalue weighted by Gasteiger charge is -2.12. The van der Waals surface area contributed by atoms with Gasteiger partial charge in [-0.3, -0.25) is 0 Å². The number of aryl methyl sites for hydroxylation is 1. The molecule has 9 nitrogen and oxygen atoms in total. The van der Waals surface area contributed by atoms with E-state index in [-0.39, 0.29) is 28.9 Å². The predicted molar refractivity (Wildman–Crippen MR) is 138 cm³/mol. The van der Waals surface area contributed by atoms with Gasteiger partial charge in [0.25, 0.3) is 0 Å². The van der Waals surface area contributed by atoms with Crippen molar-refractivity contribution >= 4 is 26.7 Å². The molecule has 0 atom stereocenters. The number of fused-ring (bicyclic) bond motifs is 1. The summed E-state index contributed by atoms with van der Waals surface area (Å²) in [5.74, 6) is -2.34. The van der Waals surface area contributed by atoms with Crippen LogP contribution in [0, 0.1) is 18.6 Å². The van der Waals surface area contributed by atoms with Gasteiger partial charge < -0.3 is 20.8 Å². The zero-order valence-electron chi connectivity index (χ0n) is 20.1. The summed E-state index contributed by atoms with van der Waals surface area (Å²) in [4.78, 5) is 15.9. The average molecular weight is 537 g/mol. The fourth-order valence-electron chi connectivity index (χ4n) is 4.00. The van der Waals surface area contributed by atoms with Crippen LogP contribution in [0.1, 0.15) is 11.1 Å². The standard InChI is InChI=1S/C26H22F2N6O3S/c1-15-4-2-3-5-22(15)38(35,36)14-34-23-10-20(32-13-33-23)17-12-31-26-24(17)21(6-7-30-26)37-25-18(27)8-16(11-29)9-19(25)28/h2-10,12-13H,11,14,29H2,1H3,(H,30,31)(H,32,33,34). The summed E-state index contributed by atoms with van der Waals surface area (Å²) in [6.45, 7) is 1.70. The first-order chi connectivity index (χ1) is 18.3. The highest BCUT2D eigenvalue weighted by Gasteiger charge is 2.20. The molecule has 0 aliphatic rings. The van der Waals surface area contributed by atoms with Crippen molar-refractivity contribution in [1.82, 2.24) is 19.9 Å². The third-order valence-electron chi connectivity index (χ3n) is 5.86. The summed E-state index contributed by atoms with van der Waals surface area (Å²) >= 11 is 0. The number of aromatic amines is 1. The van der Waals surface area contributed by atoms with Crippen LogP contribution in [0.4, 0.5) is 14.6 Å². The quantitative estimate of drug-likeness (QED) is 0.260. The van der Waals surface area contributed by atoms with E-state index >= 15 is 0 Å². The third-order valence-corrected chi connectivity index (χ3v) is 7.51. The number of nitrogens with two attached hydrogens (primary N) is 1. The zero-order chi connectivity index (χ0) is 26.9. The molecule has 0 aliphatic carbocycles. The van der Waals surface area contributed by atoms with Gasteiger partial charge in [-0.05, 0) is 42.3 Å². The highest BCUT2D eigenvalue weighted by atomic mass is 32.2. The minimum atomic E-state index is -3.63. The van der Waals surface area contributed by atoms with E-state index in [1.807, 2.05) is 0 Å². The Kier molecular flexibility index (Phi) is 6.74. The molecule has 0 spiro atoms. The molecule has 5 aromatic rings. The fourth-order valence-corrected chi connectivity index (χ4v) is 5.34. The second-order valence-corrected chi connectivity index (χ2v) is 10.4. The molecule has 0 bridgehead atoms. The Bertz CT molecular complexity index is 1730. The molecule has 0 fully saturated rings. The first-order valence-electron chi connectivity index (χ1n) is 11.4. The molecule has 3 aromatic heterocycles. The van der Waals surface area contributed by atoms with Crippen molar-refractivity contribution in [2.24, 2.45) is 5.73 Å². The summed E-state index contributed by atoms with van der Waals surface area (Å²) in [6, 6.07) is 12.0. The van der Waals surface area contributed by atoms with Crippen molar-refractivity contribution in [3.8, 4) is 22.8 Å². The Morgan fingerprint density at radius 3 is 2.55 bits per heavy atom. The van der Waals surface area contributed by atoms with Crippen LogP contribution >= 0.6 is 0 Å². The number of halogens is 2. The number of anilines is 1. The van der Waals surface area contributed by atoms with Gasteiger partial charge in [0.1, 0.15) is 29.4 Å². The summed E-state index contributed by atoms with van der Waals surface area (Å²) in [6.07, 6.45) is 4.33. The third kappa shape index (κ3) is 4.91. The Hall–Kier alpha value is -4.42. The van der Waals surface area contributed by atoms with Crippen molar-refractivity contribution in [2.45, 2.75) is 18.4 Å². The number of benzene rings is 2. The summed E-state index contributed by atoms with van der Waals surface area (Å²) in [5.41, 5.74) is 7.73. The highest BCUT2D eigenvalue weighted by Crippen LogP contribution is 2.38. The van der Waals surface area contributed by atoms with Crippen molar-refractivity contribution in [2.75, 3.05) is 11.2 Å². The van der Waals surface area contributed by atoms with Crippen LogP contribution in [0.25, 0.3) is 22.3 Å². The van der Waals surface area contributed by atoms with Gasteiger partial charge in [0, 0.05) is 30.6 Å². The number of hydrogen-bond donors (Lipinski definition) is 3. The van der Waals surface area contributed by atoms with Crippen molar-refractivity contribution in [3.63, 3.8) is 0 Å². The van der Waals surface area contributed by atoms with Crippen molar-refractivity contribution in [3.05, 3.63) is 90.0 Å². The van der Waals surface area contributed by atoms with Crippen LogP contribution in [0.5, 0.6) is 11.5 Å². The van der Waals surface area contributed by atoms with E-state index in [1.54, 1.807) is 43.5 Å². The Balaban J connectivity index is 1.47. The highest BCUT2D eigenvalue weighted by molar-refractivity contribution is 7.91. The monoisotopic (exact) mass is 536 g/mol. The lowest BCUT2D eigenvalue weighted by atomic mass is 10.1. The molecule has 12 heteroatoms. The molecule has 38 heavy (non-hydrogen) atoms. The Labute approximate surface area is 216 Å². The number of aromatic nitrogens is 4. The molecular formula is C26H22F2N6O3S. The van der Waals surface area contributed by atoms with Gasteiger partial charge in [0.05, 0.1) is 16.0 Å². The Morgan fingerprint density at radius 2 is 1.82 bits per heavy atom. The number of ether oxygens (including phenoxy) is 1. The van der Waals surface area contributed by atoms with E-state index in [2.05, 4.69) is 25.3 Å². The number of pyridine rings is 1. The molecule has 0 saturated carbocycles. The first-order valence-corrected chi connectivity index (χ1v) is 13.1. The van der Waals surface area contributed by atoms with Gasteiger partial charge in [-0.1, -0.05) is 18.2 Å². The molecular weight excluding hydrogens is 514 g/mol. The molecule has 2 aromatic carbocycles. The number of nitrogens with one attached hydrogen (secondary N) is 2. The van der Waals surface area contributed by atoms with E-state index in [0.29, 0.717) is 33.4 Å². The van der Waals surface area contributed by atoms with Gasteiger partial charge in [-0.2, -0.15) is 0 Å². The summed E-state index contributed by atoms with van der Waals surface area (Å²) in [5, 5.41) is 3.26. The van der Waals surface area contributed by atoms with E-state index < -0.39 is 27.2 Å². The molecule has 0 aliphatic heterocycles. The minimum Gasteiger partial charge on any atom is -0.450 e. The number of sulfone groups is 1. The van der Waals surface area contributed by atoms with Gasteiger partial charge in [0.2, 0.25) is 0 Å². The van der Waals surface area contributed by atoms with Gasteiger partial charge in [-0.15, -0.1) is 0 Å². The minimum absolute atomic E-state index is 0.0219. The molecule has 0 radical (unpaired) electrons. The van der Waals surface area contributed by atoms with Gasteiger partial charge in [-0.25, -0.2) is 32.2 Å². The topological polar surface area (TPSA) is 136 Å². The summed E-state index contributed by atoms with van der Waals surface area (Å²) in [7, 11) is -3.63. The van der Waals surface area contributed by atoms with E-state index in [1.165, 1.54) is 18.6 Å². The van der Waals surface area contributed by atoms with Crippen LogP contribution in [0.3, 0.4) is 0 Å². The number of H-pyrrole nitrogens is 1. The summed E-state index contributed by atoms with van der Waals surface area (Å²) < 4.78 is 60.5. The maximum atomic E-state index is 14.6. The van der Waals surface area contributed by atoms with Crippen LogP contribution in [0.15, 0.2) is 72.1 Å². The number of hydrogen-bond acceptors (Lipinski definition) is 8. The predicted octanol–water partition coefficient (Wildman–Crippen LogP) is 4.70. The molecule has 5 rings (SSSR count).